The SMILES string of the molecule is O=C(CSC1=Nc2cccc3cccc(c23)N1)N[C@@H]1CCCc2ccccc21. The highest BCUT2D eigenvalue weighted by Crippen LogP contribution is 2.37. The van der Waals surface area contributed by atoms with E-state index in [2.05, 4.69) is 53.1 Å². The Bertz CT molecular complexity index is 1090. The molecule has 5 heteroatoms. The maximum atomic E-state index is 12.6. The Morgan fingerprint density at radius 1 is 1.11 bits per heavy atom. The van der Waals surface area contributed by atoms with Crippen molar-refractivity contribution < 1.29 is 4.79 Å². The van der Waals surface area contributed by atoms with Gasteiger partial charge in [-0.1, -0.05) is 60.3 Å². The molecule has 1 atom stereocenters. The third-order valence-corrected chi connectivity index (χ3v) is 6.26. The Kier molecular flexibility index (Phi) is 4.53. The van der Waals surface area contributed by atoms with Crippen LogP contribution in [-0.2, 0) is 11.2 Å². The molecule has 5 rings (SSSR count). The van der Waals surface area contributed by atoms with Crippen LogP contribution < -0.4 is 10.6 Å². The highest BCUT2D eigenvalue weighted by molar-refractivity contribution is 8.14. The number of carbonyl (C=O) groups is 1. The molecule has 0 spiro atoms. The van der Waals surface area contributed by atoms with Crippen molar-refractivity contribution in [1.29, 1.82) is 0 Å². The van der Waals surface area contributed by atoms with E-state index in [9.17, 15) is 4.79 Å². The summed E-state index contributed by atoms with van der Waals surface area (Å²) in [6.07, 6.45) is 3.22. The minimum atomic E-state index is 0.0493. The molecule has 0 unspecified atom stereocenters. The van der Waals surface area contributed by atoms with Gasteiger partial charge >= 0.3 is 0 Å². The third-order valence-electron chi connectivity index (χ3n) is 5.39. The van der Waals surface area contributed by atoms with Gasteiger partial charge in [-0.15, -0.1) is 0 Å². The molecule has 140 valence electrons. The molecule has 3 aromatic carbocycles. The fourth-order valence-electron chi connectivity index (χ4n) is 4.11. The van der Waals surface area contributed by atoms with Crippen LogP contribution in [-0.4, -0.2) is 16.8 Å². The summed E-state index contributed by atoms with van der Waals surface area (Å²) in [5.74, 6) is 0.399. The lowest BCUT2D eigenvalue weighted by molar-refractivity contribution is -0.119. The van der Waals surface area contributed by atoms with Gasteiger partial charge in [0, 0.05) is 5.39 Å². The number of benzene rings is 3. The van der Waals surface area contributed by atoms with Crippen molar-refractivity contribution in [1.82, 2.24) is 5.32 Å². The van der Waals surface area contributed by atoms with Crippen molar-refractivity contribution in [2.24, 2.45) is 4.99 Å². The van der Waals surface area contributed by atoms with Gasteiger partial charge in [-0.3, -0.25) is 4.79 Å². The van der Waals surface area contributed by atoms with E-state index in [1.54, 1.807) is 0 Å². The van der Waals surface area contributed by atoms with Crippen molar-refractivity contribution in [2.75, 3.05) is 11.1 Å². The quantitative estimate of drug-likeness (QED) is 0.651. The Balaban J connectivity index is 1.27. The number of anilines is 1. The van der Waals surface area contributed by atoms with Gasteiger partial charge in [0.05, 0.1) is 23.2 Å². The molecule has 3 aromatic rings. The zero-order chi connectivity index (χ0) is 18.9. The van der Waals surface area contributed by atoms with Gasteiger partial charge in [-0.2, -0.15) is 0 Å². The fourth-order valence-corrected chi connectivity index (χ4v) is 4.81. The van der Waals surface area contributed by atoms with E-state index in [0.29, 0.717) is 5.75 Å². The maximum Gasteiger partial charge on any atom is 0.230 e. The zero-order valence-corrected chi connectivity index (χ0v) is 16.3. The summed E-state index contributed by atoms with van der Waals surface area (Å²) < 4.78 is 0. The molecule has 1 aliphatic heterocycles. The number of nitrogens with zero attached hydrogens (tertiary/aromatic N) is 1. The van der Waals surface area contributed by atoms with E-state index in [1.165, 1.54) is 28.3 Å². The number of nitrogens with one attached hydrogen (secondary N) is 2. The fraction of sp³-hybridized carbons (Fsp3) is 0.217. The summed E-state index contributed by atoms with van der Waals surface area (Å²) in [4.78, 5) is 17.3. The number of fused-ring (bicyclic) bond motifs is 1. The van der Waals surface area contributed by atoms with Gasteiger partial charge in [0.1, 0.15) is 0 Å². The monoisotopic (exact) mass is 387 g/mol. The topological polar surface area (TPSA) is 53.5 Å². The molecule has 2 N–H and O–H groups in total. The predicted octanol–water partition coefficient (Wildman–Crippen LogP) is 5.18. The summed E-state index contributed by atoms with van der Waals surface area (Å²) in [6, 6.07) is 20.9. The molecule has 0 saturated carbocycles. The molecule has 0 fully saturated rings. The third kappa shape index (κ3) is 3.27. The second kappa shape index (κ2) is 7.32. The largest absolute Gasteiger partial charge is 0.349 e. The van der Waals surface area contributed by atoms with Crippen molar-refractivity contribution >= 4 is 45.0 Å². The molecule has 4 nitrogen and oxygen atoms in total. The van der Waals surface area contributed by atoms with Crippen LogP contribution in [0.25, 0.3) is 10.8 Å². The molecule has 0 saturated heterocycles. The van der Waals surface area contributed by atoms with E-state index in [-0.39, 0.29) is 11.9 Å². The molecule has 1 amide bonds. The van der Waals surface area contributed by atoms with E-state index in [0.717, 1.165) is 41.2 Å². The maximum absolute atomic E-state index is 12.6. The van der Waals surface area contributed by atoms with Crippen LogP contribution in [0.3, 0.4) is 0 Å². The average molecular weight is 388 g/mol. The van der Waals surface area contributed by atoms with E-state index in [4.69, 9.17) is 4.99 Å². The summed E-state index contributed by atoms with van der Waals surface area (Å²) in [5, 5.41) is 9.66. The van der Waals surface area contributed by atoms with Gasteiger partial charge < -0.3 is 10.6 Å². The first-order chi connectivity index (χ1) is 13.8. The van der Waals surface area contributed by atoms with Crippen LogP contribution in [0.5, 0.6) is 0 Å². The minimum absolute atomic E-state index is 0.0493. The van der Waals surface area contributed by atoms with Gasteiger partial charge in [-0.25, -0.2) is 4.99 Å². The average Bonchev–Trinajstić information content (AvgIpc) is 2.73. The molecule has 0 radical (unpaired) electrons. The number of hydrogen-bond donors (Lipinski definition) is 2. The Hall–Kier alpha value is -2.79. The first-order valence-electron chi connectivity index (χ1n) is 9.65. The Labute approximate surface area is 168 Å². The Morgan fingerprint density at radius 3 is 2.89 bits per heavy atom. The number of amidine groups is 1. The highest BCUT2D eigenvalue weighted by Gasteiger charge is 2.22. The van der Waals surface area contributed by atoms with Crippen molar-refractivity contribution in [3.05, 3.63) is 71.8 Å². The highest BCUT2D eigenvalue weighted by atomic mass is 32.2. The number of rotatable bonds is 3. The molecular formula is C23H21N3OS. The van der Waals surface area contributed by atoms with Crippen molar-refractivity contribution in [3.63, 3.8) is 0 Å². The Morgan fingerprint density at radius 2 is 1.96 bits per heavy atom. The zero-order valence-electron chi connectivity index (χ0n) is 15.4. The van der Waals surface area contributed by atoms with Crippen LogP contribution in [0.1, 0.15) is 30.0 Å². The lowest BCUT2D eigenvalue weighted by atomic mass is 9.88. The van der Waals surface area contributed by atoms with Gasteiger partial charge in [-0.05, 0) is 47.9 Å². The van der Waals surface area contributed by atoms with Crippen molar-refractivity contribution in [3.8, 4) is 0 Å². The van der Waals surface area contributed by atoms with Crippen LogP contribution >= 0.6 is 11.8 Å². The number of amides is 1. The molecule has 0 aromatic heterocycles. The molecule has 2 aliphatic rings. The first kappa shape index (κ1) is 17.3. The van der Waals surface area contributed by atoms with E-state index in [1.807, 2.05) is 18.2 Å². The smallest absolute Gasteiger partial charge is 0.230 e. The summed E-state index contributed by atoms with van der Waals surface area (Å²) in [7, 11) is 0. The molecule has 1 aliphatic carbocycles. The molecule has 1 heterocycles. The van der Waals surface area contributed by atoms with Gasteiger partial charge in [0.2, 0.25) is 5.91 Å². The van der Waals surface area contributed by atoms with E-state index >= 15 is 0 Å². The normalized spacial score (nSPS) is 17.4. The summed E-state index contributed by atoms with van der Waals surface area (Å²) in [6.45, 7) is 0. The number of aryl methyl sites for hydroxylation is 1. The lowest BCUT2D eigenvalue weighted by Crippen LogP contribution is -2.32. The number of carbonyl (C=O) groups excluding carboxylic acids is 1. The van der Waals surface area contributed by atoms with Crippen molar-refractivity contribution in [2.45, 2.75) is 25.3 Å². The number of hydrogen-bond acceptors (Lipinski definition) is 4. The number of thioether (sulfide) groups is 1. The first-order valence-corrected chi connectivity index (χ1v) is 10.6. The van der Waals surface area contributed by atoms with Crippen LogP contribution in [0.15, 0.2) is 65.7 Å². The second-order valence-electron chi connectivity index (χ2n) is 7.22. The van der Waals surface area contributed by atoms with Gasteiger partial charge in [0.15, 0.2) is 5.17 Å². The van der Waals surface area contributed by atoms with Crippen LogP contribution in [0.2, 0.25) is 0 Å². The summed E-state index contributed by atoms with van der Waals surface area (Å²) in [5.41, 5.74) is 4.62. The second-order valence-corrected chi connectivity index (χ2v) is 8.19. The molecular weight excluding hydrogens is 366 g/mol. The van der Waals surface area contributed by atoms with E-state index < -0.39 is 0 Å². The predicted molar refractivity (Wildman–Crippen MR) is 117 cm³/mol. The standard InChI is InChI=1S/C23H21N3OS/c27-21(24-18-11-3-7-15-6-1-2-10-17(15)18)14-28-23-25-19-12-4-8-16-9-5-13-20(26-23)22(16)19/h1-2,4-6,8-10,12-13,18H,3,7,11,14H2,(H,24,27)(H,25,26)/t18-/m1/s1. The number of aliphatic imine (C=N–C) groups is 1. The molecule has 28 heavy (non-hydrogen) atoms. The molecule has 0 bridgehead atoms. The van der Waals surface area contributed by atoms with Gasteiger partial charge in [0.25, 0.3) is 0 Å². The summed E-state index contributed by atoms with van der Waals surface area (Å²) >= 11 is 1.45. The minimum Gasteiger partial charge on any atom is -0.349 e. The van der Waals surface area contributed by atoms with Crippen LogP contribution in [0, 0.1) is 0 Å². The lowest BCUT2D eigenvalue weighted by Gasteiger charge is -2.26. The van der Waals surface area contributed by atoms with Crippen LogP contribution in [0.4, 0.5) is 11.4 Å².